The highest BCUT2D eigenvalue weighted by Gasteiger charge is 2.18. The van der Waals surface area contributed by atoms with Gasteiger partial charge in [0.1, 0.15) is 11.5 Å². The fourth-order valence-electron chi connectivity index (χ4n) is 3.18. The summed E-state index contributed by atoms with van der Waals surface area (Å²) in [6.45, 7) is 2.03. The van der Waals surface area contributed by atoms with E-state index in [4.69, 9.17) is 9.47 Å². The van der Waals surface area contributed by atoms with Gasteiger partial charge in [0.2, 0.25) is 5.91 Å². The van der Waals surface area contributed by atoms with Crippen molar-refractivity contribution in [3.05, 3.63) is 72.6 Å². The minimum atomic E-state index is -0.184. The van der Waals surface area contributed by atoms with Crippen molar-refractivity contribution in [2.75, 3.05) is 25.3 Å². The first-order valence-corrected chi connectivity index (χ1v) is 11.1. The van der Waals surface area contributed by atoms with Crippen LogP contribution in [0.4, 0.5) is 5.69 Å². The van der Waals surface area contributed by atoms with E-state index in [1.54, 1.807) is 44.8 Å². The van der Waals surface area contributed by atoms with Crippen molar-refractivity contribution < 1.29 is 14.3 Å². The molecule has 1 amide bonds. The van der Waals surface area contributed by atoms with E-state index in [1.165, 1.54) is 11.8 Å². The average Bonchev–Trinajstić information content (AvgIpc) is 3.27. The van der Waals surface area contributed by atoms with E-state index in [-0.39, 0.29) is 11.7 Å². The monoisotopic (exact) mass is 461 g/mol. The van der Waals surface area contributed by atoms with Crippen LogP contribution >= 0.6 is 11.8 Å². The van der Waals surface area contributed by atoms with E-state index in [9.17, 15) is 4.79 Å². The number of hydrogen-bond acceptors (Lipinski definition) is 7. The van der Waals surface area contributed by atoms with Crippen molar-refractivity contribution in [1.82, 2.24) is 19.7 Å². The van der Waals surface area contributed by atoms with E-state index < -0.39 is 0 Å². The van der Waals surface area contributed by atoms with Crippen LogP contribution in [0.5, 0.6) is 11.5 Å². The fraction of sp³-hybridized carbons (Fsp3) is 0.167. The maximum Gasteiger partial charge on any atom is 0.234 e. The number of nitrogens with zero attached hydrogens (tertiary/aromatic N) is 4. The zero-order chi connectivity index (χ0) is 23.2. The lowest BCUT2D eigenvalue weighted by atomic mass is 10.2. The van der Waals surface area contributed by atoms with Crippen LogP contribution in [0.3, 0.4) is 0 Å². The fourth-order valence-corrected chi connectivity index (χ4v) is 3.93. The second kappa shape index (κ2) is 10.2. The number of amides is 1. The van der Waals surface area contributed by atoms with Crippen molar-refractivity contribution in [2.24, 2.45) is 0 Å². The molecule has 0 aliphatic heterocycles. The van der Waals surface area contributed by atoms with E-state index >= 15 is 0 Å². The molecule has 0 aliphatic carbocycles. The SMILES string of the molecule is COc1cc(NC(=O)CSc2nnc(-c3cccnc3)n2-c2ccc(C)cc2)cc(OC)c1. The van der Waals surface area contributed by atoms with E-state index in [0.29, 0.717) is 28.2 Å². The minimum absolute atomic E-state index is 0.149. The maximum atomic E-state index is 12.7. The topological polar surface area (TPSA) is 91.2 Å². The molecule has 33 heavy (non-hydrogen) atoms. The third-order valence-corrected chi connectivity index (χ3v) is 5.74. The molecular formula is C24H23N5O3S. The number of aryl methyl sites for hydroxylation is 1. The van der Waals surface area contributed by atoms with Crippen LogP contribution in [0, 0.1) is 6.92 Å². The lowest BCUT2D eigenvalue weighted by molar-refractivity contribution is -0.113. The summed E-state index contributed by atoms with van der Waals surface area (Å²) in [5.41, 5.74) is 3.49. The first-order valence-electron chi connectivity index (χ1n) is 10.2. The van der Waals surface area contributed by atoms with Gasteiger partial charge in [-0.3, -0.25) is 14.3 Å². The van der Waals surface area contributed by atoms with Crippen LogP contribution in [-0.2, 0) is 4.79 Å². The number of rotatable bonds is 8. The molecule has 0 saturated heterocycles. The number of carbonyl (C=O) groups excluding carboxylic acids is 1. The third-order valence-electron chi connectivity index (χ3n) is 4.81. The normalized spacial score (nSPS) is 10.6. The van der Waals surface area contributed by atoms with Crippen LogP contribution in [0.15, 0.2) is 72.1 Å². The van der Waals surface area contributed by atoms with Gasteiger partial charge in [0.05, 0.1) is 20.0 Å². The van der Waals surface area contributed by atoms with Gasteiger partial charge in [-0.05, 0) is 31.2 Å². The summed E-state index contributed by atoms with van der Waals surface area (Å²) in [6.07, 6.45) is 3.45. The van der Waals surface area contributed by atoms with Crippen molar-refractivity contribution in [3.8, 4) is 28.6 Å². The summed E-state index contributed by atoms with van der Waals surface area (Å²) in [6, 6.07) is 17.1. The second-order valence-corrected chi connectivity index (χ2v) is 8.10. The largest absolute Gasteiger partial charge is 0.497 e. The Morgan fingerprint density at radius 1 is 1.03 bits per heavy atom. The average molecular weight is 462 g/mol. The van der Waals surface area contributed by atoms with Crippen molar-refractivity contribution in [1.29, 1.82) is 0 Å². The molecule has 0 fully saturated rings. The Morgan fingerprint density at radius 2 is 1.76 bits per heavy atom. The summed E-state index contributed by atoms with van der Waals surface area (Å²) in [5, 5.41) is 12.2. The molecular weight excluding hydrogens is 438 g/mol. The smallest absolute Gasteiger partial charge is 0.234 e. The standard InChI is InChI=1S/C24H23N5O3S/c1-16-6-8-19(9-7-16)29-23(17-5-4-10-25-14-17)27-28-24(29)33-15-22(30)26-18-11-20(31-2)13-21(12-18)32-3/h4-14H,15H2,1-3H3,(H,26,30). The number of aromatic nitrogens is 4. The quantitative estimate of drug-likeness (QED) is 0.389. The number of thioether (sulfide) groups is 1. The summed E-state index contributed by atoms with van der Waals surface area (Å²) >= 11 is 1.30. The highest BCUT2D eigenvalue weighted by molar-refractivity contribution is 7.99. The minimum Gasteiger partial charge on any atom is -0.497 e. The number of pyridine rings is 1. The van der Waals surface area contributed by atoms with Crippen LogP contribution in [-0.4, -0.2) is 45.6 Å². The number of ether oxygens (including phenoxy) is 2. The molecule has 9 heteroatoms. The molecule has 8 nitrogen and oxygen atoms in total. The molecule has 2 aromatic carbocycles. The molecule has 0 unspecified atom stereocenters. The van der Waals surface area contributed by atoms with Gasteiger partial charge in [0, 0.05) is 47.5 Å². The number of anilines is 1. The van der Waals surface area contributed by atoms with Crippen molar-refractivity contribution >= 4 is 23.4 Å². The Balaban J connectivity index is 1.56. The lowest BCUT2D eigenvalue weighted by Gasteiger charge is -2.11. The Bertz CT molecular complexity index is 1220. The summed E-state index contributed by atoms with van der Waals surface area (Å²) in [5.74, 6) is 1.82. The first-order chi connectivity index (χ1) is 16.1. The van der Waals surface area contributed by atoms with Gasteiger partial charge < -0.3 is 14.8 Å². The van der Waals surface area contributed by atoms with Crippen LogP contribution in [0.25, 0.3) is 17.1 Å². The first kappa shape index (κ1) is 22.3. The van der Waals surface area contributed by atoms with Crippen LogP contribution in [0.2, 0.25) is 0 Å². The molecule has 0 atom stereocenters. The predicted molar refractivity (Wildman–Crippen MR) is 128 cm³/mol. The van der Waals surface area contributed by atoms with E-state index in [0.717, 1.165) is 16.8 Å². The molecule has 0 radical (unpaired) electrons. The van der Waals surface area contributed by atoms with Gasteiger partial charge in [-0.2, -0.15) is 0 Å². The molecule has 0 bridgehead atoms. The van der Waals surface area contributed by atoms with Crippen LogP contribution in [0.1, 0.15) is 5.56 Å². The Kier molecular flexibility index (Phi) is 6.89. The van der Waals surface area contributed by atoms with Crippen molar-refractivity contribution in [2.45, 2.75) is 12.1 Å². The van der Waals surface area contributed by atoms with E-state index in [1.807, 2.05) is 47.9 Å². The van der Waals surface area contributed by atoms with Crippen molar-refractivity contribution in [3.63, 3.8) is 0 Å². The van der Waals surface area contributed by atoms with Gasteiger partial charge in [-0.25, -0.2) is 0 Å². The Labute approximate surface area is 196 Å². The number of hydrogen-bond donors (Lipinski definition) is 1. The van der Waals surface area contributed by atoms with Gasteiger partial charge in [-0.15, -0.1) is 10.2 Å². The number of benzene rings is 2. The molecule has 0 spiro atoms. The van der Waals surface area contributed by atoms with Gasteiger partial charge in [-0.1, -0.05) is 29.5 Å². The summed E-state index contributed by atoms with van der Waals surface area (Å²) in [4.78, 5) is 16.9. The van der Waals surface area contributed by atoms with Gasteiger partial charge in [0.25, 0.3) is 0 Å². The molecule has 0 aliphatic rings. The summed E-state index contributed by atoms with van der Waals surface area (Å²) < 4.78 is 12.5. The molecule has 2 aromatic heterocycles. The number of carbonyl (C=O) groups is 1. The Morgan fingerprint density at radius 3 is 2.39 bits per heavy atom. The zero-order valence-corrected chi connectivity index (χ0v) is 19.3. The molecule has 4 rings (SSSR count). The zero-order valence-electron chi connectivity index (χ0n) is 18.5. The van der Waals surface area contributed by atoms with Gasteiger partial charge >= 0.3 is 0 Å². The molecule has 168 valence electrons. The highest BCUT2D eigenvalue weighted by atomic mass is 32.2. The summed E-state index contributed by atoms with van der Waals surface area (Å²) in [7, 11) is 3.13. The molecule has 0 saturated carbocycles. The maximum absolute atomic E-state index is 12.7. The number of methoxy groups -OCH3 is 2. The molecule has 2 heterocycles. The molecule has 1 N–H and O–H groups in total. The molecule has 4 aromatic rings. The van der Waals surface area contributed by atoms with Crippen LogP contribution < -0.4 is 14.8 Å². The van der Waals surface area contributed by atoms with Gasteiger partial charge in [0.15, 0.2) is 11.0 Å². The Hall–Kier alpha value is -3.85. The third kappa shape index (κ3) is 5.32. The lowest BCUT2D eigenvalue weighted by Crippen LogP contribution is -2.14. The second-order valence-electron chi connectivity index (χ2n) is 7.16. The number of nitrogens with one attached hydrogen (secondary N) is 1. The predicted octanol–water partition coefficient (Wildman–Crippen LogP) is 4.39. The van der Waals surface area contributed by atoms with E-state index in [2.05, 4.69) is 20.5 Å². The highest BCUT2D eigenvalue weighted by Crippen LogP contribution is 2.29.